The van der Waals surface area contributed by atoms with Crippen molar-refractivity contribution < 1.29 is 14.3 Å². The van der Waals surface area contributed by atoms with E-state index in [0.29, 0.717) is 11.3 Å². The highest BCUT2D eigenvalue weighted by atomic mass is 16.6. The van der Waals surface area contributed by atoms with Gasteiger partial charge in [0.25, 0.3) is 5.91 Å². The number of allylic oxidation sites excluding steroid dienone is 4. The first-order valence-electron chi connectivity index (χ1n) is 6.63. The van der Waals surface area contributed by atoms with Gasteiger partial charge >= 0.3 is 6.09 Å². The Labute approximate surface area is 123 Å². The number of carbonyl (C=O) groups is 2. The van der Waals surface area contributed by atoms with Crippen LogP contribution in [0, 0.1) is 5.41 Å². The molecule has 0 saturated carbocycles. The molecule has 0 heterocycles. The standard InChI is InChI=1S/C17H17NO3/c1-17(2)11-6-7-13(10-12-17)15(19)18-16(20)21-14-8-4-3-5-9-14/h3-12H,1-2H3,(H,18,19,20). The lowest BCUT2D eigenvalue weighted by Crippen LogP contribution is -2.33. The third-order valence-electron chi connectivity index (χ3n) is 2.93. The topological polar surface area (TPSA) is 55.4 Å². The summed E-state index contributed by atoms with van der Waals surface area (Å²) in [5, 5.41) is 2.20. The molecule has 0 aliphatic heterocycles. The van der Waals surface area contributed by atoms with Crippen LogP contribution in [0.25, 0.3) is 0 Å². The summed E-state index contributed by atoms with van der Waals surface area (Å²) in [6.45, 7) is 4.05. The van der Waals surface area contributed by atoms with Crippen LogP contribution >= 0.6 is 0 Å². The predicted octanol–water partition coefficient (Wildman–Crippen LogP) is 3.38. The number of nitrogens with one attached hydrogen (secondary N) is 1. The molecular weight excluding hydrogens is 266 g/mol. The van der Waals surface area contributed by atoms with Gasteiger partial charge in [0.2, 0.25) is 0 Å². The summed E-state index contributed by atoms with van der Waals surface area (Å²) < 4.78 is 5.01. The smallest absolute Gasteiger partial charge is 0.410 e. The number of hydrogen-bond donors (Lipinski definition) is 1. The molecule has 0 unspecified atom stereocenters. The molecule has 1 N–H and O–H groups in total. The summed E-state index contributed by atoms with van der Waals surface area (Å²) >= 11 is 0. The van der Waals surface area contributed by atoms with Crippen molar-refractivity contribution in [2.75, 3.05) is 0 Å². The first kappa shape index (κ1) is 14.8. The number of hydrogen-bond acceptors (Lipinski definition) is 3. The Hall–Kier alpha value is -2.62. The fourth-order valence-corrected chi connectivity index (χ4v) is 1.75. The largest absolute Gasteiger partial charge is 0.419 e. The molecule has 4 heteroatoms. The number of imide groups is 1. The molecule has 0 saturated heterocycles. The van der Waals surface area contributed by atoms with Crippen LogP contribution in [0.4, 0.5) is 4.79 Å². The van der Waals surface area contributed by atoms with Crippen molar-refractivity contribution in [1.29, 1.82) is 0 Å². The van der Waals surface area contributed by atoms with Crippen LogP contribution in [0.1, 0.15) is 13.8 Å². The number of para-hydroxylation sites is 1. The molecule has 1 aromatic carbocycles. The van der Waals surface area contributed by atoms with Gasteiger partial charge in [0.15, 0.2) is 0 Å². The Morgan fingerprint density at radius 3 is 2.52 bits per heavy atom. The maximum Gasteiger partial charge on any atom is 0.419 e. The molecule has 0 atom stereocenters. The highest BCUT2D eigenvalue weighted by Gasteiger charge is 2.16. The normalized spacial score (nSPS) is 15.8. The van der Waals surface area contributed by atoms with Gasteiger partial charge in [0.1, 0.15) is 5.75 Å². The van der Waals surface area contributed by atoms with Crippen molar-refractivity contribution in [2.45, 2.75) is 13.8 Å². The van der Waals surface area contributed by atoms with Crippen molar-refractivity contribution >= 4 is 12.0 Å². The van der Waals surface area contributed by atoms with E-state index in [4.69, 9.17) is 4.74 Å². The van der Waals surface area contributed by atoms with Crippen LogP contribution in [-0.4, -0.2) is 12.0 Å². The van der Waals surface area contributed by atoms with E-state index in [0.717, 1.165) is 0 Å². The van der Waals surface area contributed by atoms with Gasteiger partial charge in [-0.05, 0) is 18.2 Å². The minimum Gasteiger partial charge on any atom is -0.410 e. The Balaban J connectivity index is 1.97. The van der Waals surface area contributed by atoms with Crippen molar-refractivity contribution in [1.82, 2.24) is 5.32 Å². The SMILES string of the molecule is CC1(C)C=CC=C(C(=O)NC(=O)Oc2ccccc2)C=C1. The second-order valence-electron chi connectivity index (χ2n) is 5.29. The number of ether oxygens (including phenoxy) is 1. The van der Waals surface area contributed by atoms with Crippen LogP contribution < -0.4 is 10.1 Å². The second kappa shape index (κ2) is 6.22. The van der Waals surface area contributed by atoms with Crippen LogP contribution in [0.2, 0.25) is 0 Å². The van der Waals surface area contributed by atoms with E-state index in [9.17, 15) is 9.59 Å². The summed E-state index contributed by atoms with van der Waals surface area (Å²) in [6, 6.07) is 8.58. The molecule has 4 nitrogen and oxygen atoms in total. The first-order chi connectivity index (χ1) is 9.96. The fourth-order valence-electron chi connectivity index (χ4n) is 1.75. The van der Waals surface area contributed by atoms with Crippen molar-refractivity contribution in [2.24, 2.45) is 5.41 Å². The van der Waals surface area contributed by atoms with Crippen molar-refractivity contribution in [3.05, 3.63) is 66.3 Å². The molecule has 0 bridgehead atoms. The van der Waals surface area contributed by atoms with Gasteiger partial charge in [0, 0.05) is 11.0 Å². The van der Waals surface area contributed by atoms with E-state index >= 15 is 0 Å². The summed E-state index contributed by atoms with van der Waals surface area (Å²) in [5.74, 6) is -0.108. The number of carbonyl (C=O) groups excluding carboxylic acids is 2. The maximum absolute atomic E-state index is 12.0. The van der Waals surface area contributed by atoms with Crippen molar-refractivity contribution in [3.8, 4) is 5.75 Å². The fraction of sp³-hybridized carbons (Fsp3) is 0.176. The molecule has 1 aliphatic carbocycles. The van der Waals surface area contributed by atoms with E-state index < -0.39 is 12.0 Å². The lowest BCUT2D eigenvalue weighted by Gasteiger charge is -2.12. The monoisotopic (exact) mass is 283 g/mol. The van der Waals surface area contributed by atoms with E-state index in [2.05, 4.69) is 5.32 Å². The highest BCUT2D eigenvalue weighted by Crippen LogP contribution is 2.22. The minimum atomic E-state index is -0.798. The zero-order chi connectivity index (χ0) is 15.3. The second-order valence-corrected chi connectivity index (χ2v) is 5.29. The molecule has 0 aromatic heterocycles. The summed E-state index contributed by atoms with van der Waals surface area (Å²) in [7, 11) is 0. The molecule has 1 aliphatic rings. The summed E-state index contributed by atoms with van der Waals surface area (Å²) in [5.41, 5.74) is 0.283. The van der Waals surface area contributed by atoms with E-state index in [1.807, 2.05) is 32.1 Å². The summed E-state index contributed by atoms with van der Waals surface area (Å²) in [4.78, 5) is 23.7. The quantitative estimate of drug-likeness (QED) is 0.905. The Morgan fingerprint density at radius 2 is 1.81 bits per heavy atom. The zero-order valence-electron chi connectivity index (χ0n) is 12.0. The van der Waals surface area contributed by atoms with E-state index in [1.165, 1.54) is 0 Å². The molecule has 0 spiro atoms. The van der Waals surface area contributed by atoms with Crippen LogP contribution in [-0.2, 0) is 4.79 Å². The van der Waals surface area contributed by atoms with Crippen LogP contribution in [0.3, 0.4) is 0 Å². The highest BCUT2D eigenvalue weighted by molar-refractivity contribution is 6.04. The minimum absolute atomic E-state index is 0.122. The third-order valence-corrected chi connectivity index (χ3v) is 2.93. The number of amides is 2. The lowest BCUT2D eigenvalue weighted by atomic mass is 9.93. The van der Waals surface area contributed by atoms with Gasteiger partial charge in [-0.1, -0.05) is 56.4 Å². The molecule has 0 radical (unpaired) electrons. The lowest BCUT2D eigenvalue weighted by molar-refractivity contribution is -0.116. The van der Waals surface area contributed by atoms with E-state index in [-0.39, 0.29) is 5.41 Å². The number of rotatable bonds is 2. The molecular formula is C17H17NO3. The molecule has 2 rings (SSSR count). The number of benzene rings is 1. The molecule has 2 amide bonds. The van der Waals surface area contributed by atoms with Gasteiger partial charge in [-0.25, -0.2) is 4.79 Å². The third kappa shape index (κ3) is 4.45. The van der Waals surface area contributed by atoms with Crippen LogP contribution in [0.5, 0.6) is 5.75 Å². The van der Waals surface area contributed by atoms with Crippen molar-refractivity contribution in [3.63, 3.8) is 0 Å². The Bertz CT molecular complexity index is 625. The van der Waals surface area contributed by atoms with Gasteiger partial charge < -0.3 is 4.74 Å². The first-order valence-corrected chi connectivity index (χ1v) is 6.63. The Kier molecular flexibility index (Phi) is 4.38. The molecule has 0 fully saturated rings. The average Bonchev–Trinajstić information content (AvgIpc) is 2.60. The maximum atomic E-state index is 12.0. The molecule has 108 valence electrons. The van der Waals surface area contributed by atoms with E-state index in [1.54, 1.807) is 42.5 Å². The molecule has 1 aromatic rings. The zero-order valence-corrected chi connectivity index (χ0v) is 12.0. The predicted molar refractivity (Wildman–Crippen MR) is 80.8 cm³/mol. The molecule has 21 heavy (non-hydrogen) atoms. The van der Waals surface area contributed by atoms with Gasteiger partial charge in [-0.2, -0.15) is 0 Å². The van der Waals surface area contributed by atoms with Crippen LogP contribution in [0.15, 0.2) is 66.3 Å². The van der Waals surface area contributed by atoms with Gasteiger partial charge in [0.05, 0.1) is 0 Å². The van der Waals surface area contributed by atoms with Gasteiger partial charge in [-0.15, -0.1) is 0 Å². The Morgan fingerprint density at radius 1 is 1.10 bits per heavy atom. The summed E-state index contributed by atoms with van der Waals surface area (Å²) in [6.07, 6.45) is 8.25. The van der Waals surface area contributed by atoms with Gasteiger partial charge in [-0.3, -0.25) is 10.1 Å². The average molecular weight is 283 g/mol.